The minimum Gasteiger partial charge on any atom is -0.314 e. The summed E-state index contributed by atoms with van der Waals surface area (Å²) in [5, 5.41) is 3.15. The molecule has 4 heteroatoms. The highest BCUT2D eigenvalue weighted by atomic mass is 15.2. The third-order valence-corrected chi connectivity index (χ3v) is 3.82. The summed E-state index contributed by atoms with van der Waals surface area (Å²) in [5.41, 5.74) is 2.31. The predicted octanol–water partition coefficient (Wildman–Crippen LogP) is 1.33. The van der Waals surface area contributed by atoms with Crippen molar-refractivity contribution < 1.29 is 0 Å². The first-order valence-corrected chi connectivity index (χ1v) is 7.17. The lowest BCUT2D eigenvalue weighted by Gasteiger charge is -2.35. The van der Waals surface area contributed by atoms with Crippen LogP contribution in [0.5, 0.6) is 0 Å². The maximum absolute atomic E-state index is 4.71. The summed E-state index contributed by atoms with van der Waals surface area (Å²) < 4.78 is 0. The third-order valence-electron chi connectivity index (χ3n) is 3.82. The minimum atomic E-state index is 0.689. The molecule has 1 N–H and O–H groups in total. The molecular formula is C15H26N4. The average Bonchev–Trinajstić information content (AvgIpc) is 2.40. The molecule has 2 rings (SSSR count). The number of hydrogen-bond acceptors (Lipinski definition) is 4. The molecule has 4 nitrogen and oxygen atoms in total. The van der Waals surface area contributed by atoms with E-state index in [9.17, 15) is 0 Å². The van der Waals surface area contributed by atoms with Crippen LogP contribution in [0.4, 0.5) is 0 Å². The highest BCUT2D eigenvalue weighted by Crippen LogP contribution is 2.15. The van der Waals surface area contributed by atoms with Gasteiger partial charge in [0.15, 0.2) is 0 Å². The summed E-state index contributed by atoms with van der Waals surface area (Å²) in [4.78, 5) is 9.58. The summed E-state index contributed by atoms with van der Waals surface area (Å²) >= 11 is 0. The lowest BCUT2D eigenvalue weighted by atomic mass is 10.0. The standard InChI is InChI=1S/C15H26N4/c1-16-10-13-6-4-7-14(17-13)11-19-9-5-8-15(12-19)18(2)3/h4,6-7,15-16H,5,8-12H2,1-3H3. The third kappa shape index (κ3) is 4.27. The Morgan fingerprint density at radius 1 is 1.37 bits per heavy atom. The maximum Gasteiger partial charge on any atom is 0.0547 e. The van der Waals surface area contributed by atoms with Gasteiger partial charge in [-0.15, -0.1) is 0 Å². The molecule has 0 aliphatic carbocycles. The van der Waals surface area contributed by atoms with E-state index in [1.807, 2.05) is 7.05 Å². The first kappa shape index (κ1) is 14.4. The molecule has 1 fully saturated rings. The van der Waals surface area contributed by atoms with Crippen LogP contribution in [0.3, 0.4) is 0 Å². The molecule has 1 aromatic rings. The molecule has 1 atom stereocenters. The van der Waals surface area contributed by atoms with Crippen LogP contribution in [0.1, 0.15) is 24.2 Å². The number of hydrogen-bond donors (Lipinski definition) is 1. The number of rotatable bonds is 5. The summed E-state index contributed by atoms with van der Waals surface area (Å²) in [5.74, 6) is 0. The molecule has 0 bridgehead atoms. The van der Waals surface area contributed by atoms with Crippen molar-refractivity contribution in [3.63, 3.8) is 0 Å². The molecule has 1 aromatic heterocycles. The van der Waals surface area contributed by atoms with E-state index >= 15 is 0 Å². The second-order valence-corrected chi connectivity index (χ2v) is 5.65. The van der Waals surface area contributed by atoms with E-state index in [2.05, 4.69) is 47.4 Å². The molecule has 0 spiro atoms. The van der Waals surface area contributed by atoms with Crippen molar-refractivity contribution >= 4 is 0 Å². The van der Waals surface area contributed by atoms with Crippen molar-refractivity contribution in [2.24, 2.45) is 0 Å². The smallest absolute Gasteiger partial charge is 0.0547 e. The van der Waals surface area contributed by atoms with Crippen LogP contribution in [0.25, 0.3) is 0 Å². The first-order valence-electron chi connectivity index (χ1n) is 7.17. The normalized spacial score (nSPS) is 20.9. The van der Waals surface area contributed by atoms with Gasteiger partial charge in [-0.05, 0) is 52.7 Å². The number of piperidine rings is 1. The van der Waals surface area contributed by atoms with Gasteiger partial charge in [0.05, 0.1) is 11.4 Å². The lowest BCUT2D eigenvalue weighted by molar-refractivity contribution is 0.127. The van der Waals surface area contributed by atoms with Gasteiger partial charge in [0.2, 0.25) is 0 Å². The average molecular weight is 262 g/mol. The van der Waals surface area contributed by atoms with Gasteiger partial charge >= 0.3 is 0 Å². The zero-order chi connectivity index (χ0) is 13.7. The Kier molecular flexibility index (Phi) is 5.31. The summed E-state index contributed by atoms with van der Waals surface area (Å²) in [6, 6.07) is 7.02. The Bertz CT molecular complexity index is 391. The monoisotopic (exact) mass is 262 g/mol. The van der Waals surface area contributed by atoms with Crippen molar-refractivity contribution in [3.05, 3.63) is 29.6 Å². The number of pyridine rings is 1. The fraction of sp³-hybridized carbons (Fsp3) is 0.667. The van der Waals surface area contributed by atoms with Crippen LogP contribution in [0.15, 0.2) is 18.2 Å². The Morgan fingerprint density at radius 3 is 2.89 bits per heavy atom. The van der Waals surface area contributed by atoms with Gasteiger partial charge < -0.3 is 10.2 Å². The van der Waals surface area contributed by atoms with E-state index in [1.165, 1.54) is 25.1 Å². The number of likely N-dealkylation sites (N-methyl/N-ethyl adjacent to an activating group) is 1. The Morgan fingerprint density at radius 2 is 2.16 bits per heavy atom. The summed E-state index contributed by atoms with van der Waals surface area (Å²) in [6.45, 7) is 4.17. The lowest BCUT2D eigenvalue weighted by Crippen LogP contribution is -2.44. The van der Waals surface area contributed by atoms with Gasteiger partial charge in [-0.1, -0.05) is 6.07 Å². The molecular weight excluding hydrogens is 236 g/mol. The van der Waals surface area contributed by atoms with E-state index in [0.717, 1.165) is 25.3 Å². The molecule has 19 heavy (non-hydrogen) atoms. The van der Waals surface area contributed by atoms with Gasteiger partial charge in [-0.2, -0.15) is 0 Å². The predicted molar refractivity (Wildman–Crippen MR) is 79.0 cm³/mol. The SMILES string of the molecule is CNCc1cccc(CN2CCCC(N(C)C)C2)n1. The van der Waals surface area contributed by atoms with E-state index in [-0.39, 0.29) is 0 Å². The van der Waals surface area contributed by atoms with Gasteiger partial charge in [0.1, 0.15) is 0 Å². The zero-order valence-electron chi connectivity index (χ0n) is 12.4. The Balaban J connectivity index is 1.94. The van der Waals surface area contributed by atoms with Crippen molar-refractivity contribution in [2.45, 2.75) is 32.0 Å². The highest BCUT2D eigenvalue weighted by Gasteiger charge is 2.21. The fourth-order valence-electron chi connectivity index (χ4n) is 2.72. The molecule has 0 radical (unpaired) electrons. The van der Waals surface area contributed by atoms with Gasteiger partial charge in [-0.25, -0.2) is 0 Å². The topological polar surface area (TPSA) is 31.4 Å². The van der Waals surface area contributed by atoms with Crippen molar-refractivity contribution in [1.82, 2.24) is 20.1 Å². The molecule has 1 aliphatic heterocycles. The Hall–Kier alpha value is -0.970. The minimum absolute atomic E-state index is 0.689. The Labute approximate surface area is 116 Å². The maximum atomic E-state index is 4.71. The number of nitrogens with zero attached hydrogens (tertiary/aromatic N) is 3. The van der Waals surface area contributed by atoms with E-state index < -0.39 is 0 Å². The van der Waals surface area contributed by atoms with E-state index in [1.54, 1.807) is 0 Å². The summed E-state index contributed by atoms with van der Waals surface area (Å²) in [7, 11) is 6.32. The van der Waals surface area contributed by atoms with Gasteiger partial charge in [-0.3, -0.25) is 9.88 Å². The van der Waals surface area contributed by atoms with Crippen molar-refractivity contribution in [3.8, 4) is 0 Å². The molecule has 1 unspecified atom stereocenters. The van der Waals surface area contributed by atoms with Crippen LogP contribution in [-0.4, -0.2) is 55.1 Å². The molecule has 0 saturated carbocycles. The molecule has 0 amide bonds. The molecule has 0 aromatic carbocycles. The van der Waals surface area contributed by atoms with Crippen LogP contribution in [0, 0.1) is 0 Å². The fourth-order valence-corrected chi connectivity index (χ4v) is 2.72. The zero-order valence-corrected chi connectivity index (χ0v) is 12.4. The molecule has 1 aliphatic rings. The van der Waals surface area contributed by atoms with Gasteiger partial charge in [0, 0.05) is 25.7 Å². The second-order valence-electron chi connectivity index (χ2n) is 5.65. The number of likely N-dealkylation sites (tertiary alicyclic amines) is 1. The van der Waals surface area contributed by atoms with Crippen molar-refractivity contribution in [1.29, 1.82) is 0 Å². The van der Waals surface area contributed by atoms with Crippen LogP contribution < -0.4 is 5.32 Å². The molecule has 1 saturated heterocycles. The van der Waals surface area contributed by atoms with Crippen molar-refractivity contribution in [2.75, 3.05) is 34.2 Å². The summed E-state index contributed by atoms with van der Waals surface area (Å²) in [6.07, 6.45) is 2.61. The largest absolute Gasteiger partial charge is 0.314 e. The molecule has 2 heterocycles. The van der Waals surface area contributed by atoms with E-state index in [4.69, 9.17) is 4.98 Å². The van der Waals surface area contributed by atoms with Gasteiger partial charge in [0.25, 0.3) is 0 Å². The van der Waals surface area contributed by atoms with E-state index in [0.29, 0.717) is 6.04 Å². The van der Waals surface area contributed by atoms with Crippen LogP contribution in [-0.2, 0) is 13.1 Å². The number of nitrogens with one attached hydrogen (secondary N) is 1. The van der Waals surface area contributed by atoms with Crippen LogP contribution >= 0.6 is 0 Å². The molecule has 106 valence electrons. The van der Waals surface area contributed by atoms with Crippen LogP contribution in [0.2, 0.25) is 0 Å². The second kappa shape index (κ2) is 6.98. The highest BCUT2D eigenvalue weighted by molar-refractivity contribution is 5.11. The quantitative estimate of drug-likeness (QED) is 0.867. The first-order chi connectivity index (χ1) is 9.19. The number of aromatic nitrogens is 1.